The molecule has 0 aromatic heterocycles. The van der Waals surface area contributed by atoms with Gasteiger partial charge in [0.2, 0.25) is 0 Å². The van der Waals surface area contributed by atoms with Crippen LogP contribution in [0.1, 0.15) is 29.0 Å². The molecule has 0 spiro atoms. The van der Waals surface area contributed by atoms with Crippen LogP contribution in [0.4, 0.5) is 4.39 Å². The van der Waals surface area contributed by atoms with E-state index in [1.54, 1.807) is 23.3 Å². The molecule has 4 unspecified atom stereocenters. The van der Waals surface area contributed by atoms with E-state index in [0.717, 1.165) is 24.2 Å². The van der Waals surface area contributed by atoms with Crippen LogP contribution in [0.3, 0.4) is 0 Å². The number of aryl methyl sites for hydroxylation is 1. The molecule has 0 aliphatic heterocycles. The molecule has 1 saturated carbocycles. The summed E-state index contributed by atoms with van der Waals surface area (Å²) in [7, 11) is 0. The Bertz CT molecular complexity index is 649. The molecule has 0 heterocycles. The van der Waals surface area contributed by atoms with Gasteiger partial charge in [0.25, 0.3) is 0 Å². The van der Waals surface area contributed by atoms with Gasteiger partial charge >= 0.3 is 0 Å². The van der Waals surface area contributed by atoms with Crippen molar-refractivity contribution in [2.75, 3.05) is 0 Å². The molecule has 2 aromatic carbocycles. The van der Waals surface area contributed by atoms with Crippen LogP contribution in [0.5, 0.6) is 0 Å². The molecular weight excluding hydrogens is 327 g/mol. The number of fused-ring (bicyclic) bond motifs is 3. The fraction of sp³-hybridized carbons (Fsp3) is 0.368. The van der Waals surface area contributed by atoms with Crippen LogP contribution >= 0.6 is 15.9 Å². The van der Waals surface area contributed by atoms with E-state index in [1.807, 2.05) is 12.1 Å². The molecule has 4 rings (SSSR count). The van der Waals surface area contributed by atoms with Crippen molar-refractivity contribution in [3.8, 4) is 0 Å². The van der Waals surface area contributed by atoms with Crippen LogP contribution in [-0.4, -0.2) is 4.83 Å². The third-order valence-corrected chi connectivity index (χ3v) is 6.09. The Morgan fingerprint density at radius 3 is 2.67 bits per heavy atom. The second-order valence-electron chi connectivity index (χ2n) is 6.35. The Kier molecular flexibility index (Phi) is 3.37. The summed E-state index contributed by atoms with van der Waals surface area (Å²) < 4.78 is 13.0. The molecule has 2 aliphatic rings. The molecule has 21 heavy (non-hydrogen) atoms. The maximum atomic E-state index is 13.0. The SMILES string of the molecule is Fc1ccc(CC(Br)C2C3CCc4ccccc4C32)cc1. The molecule has 0 radical (unpaired) electrons. The van der Waals surface area contributed by atoms with Gasteiger partial charge in [0, 0.05) is 4.83 Å². The lowest BCUT2D eigenvalue weighted by Gasteiger charge is -2.13. The number of hydrogen-bond acceptors (Lipinski definition) is 0. The van der Waals surface area contributed by atoms with Crippen molar-refractivity contribution in [3.05, 3.63) is 71.0 Å². The monoisotopic (exact) mass is 344 g/mol. The Morgan fingerprint density at radius 2 is 1.86 bits per heavy atom. The fourth-order valence-corrected chi connectivity index (χ4v) is 5.19. The number of rotatable bonds is 3. The summed E-state index contributed by atoms with van der Waals surface area (Å²) in [4.78, 5) is 0.490. The Morgan fingerprint density at radius 1 is 1.10 bits per heavy atom. The van der Waals surface area contributed by atoms with E-state index in [0.29, 0.717) is 4.83 Å². The minimum atomic E-state index is -0.154. The molecule has 1 fully saturated rings. The summed E-state index contributed by atoms with van der Waals surface area (Å²) in [6.45, 7) is 0. The van der Waals surface area contributed by atoms with E-state index in [1.165, 1.54) is 18.4 Å². The quantitative estimate of drug-likeness (QED) is 0.679. The van der Waals surface area contributed by atoms with Crippen molar-refractivity contribution in [2.24, 2.45) is 11.8 Å². The highest BCUT2D eigenvalue weighted by molar-refractivity contribution is 9.09. The van der Waals surface area contributed by atoms with Crippen LogP contribution in [0.2, 0.25) is 0 Å². The first-order chi connectivity index (χ1) is 10.2. The zero-order valence-corrected chi connectivity index (χ0v) is 13.4. The van der Waals surface area contributed by atoms with Gasteiger partial charge in [-0.1, -0.05) is 52.3 Å². The molecule has 0 saturated heterocycles. The van der Waals surface area contributed by atoms with E-state index < -0.39 is 0 Å². The molecule has 0 bridgehead atoms. The third kappa shape index (κ3) is 2.44. The van der Waals surface area contributed by atoms with Crippen molar-refractivity contribution >= 4 is 15.9 Å². The first kappa shape index (κ1) is 13.5. The summed E-state index contributed by atoms with van der Waals surface area (Å²) >= 11 is 3.91. The van der Waals surface area contributed by atoms with Gasteiger partial charge in [0.15, 0.2) is 0 Å². The molecule has 0 amide bonds. The van der Waals surface area contributed by atoms with E-state index in [9.17, 15) is 4.39 Å². The summed E-state index contributed by atoms with van der Waals surface area (Å²) in [5, 5.41) is 0. The van der Waals surface area contributed by atoms with Crippen LogP contribution in [-0.2, 0) is 12.8 Å². The van der Waals surface area contributed by atoms with Gasteiger partial charge in [0.1, 0.15) is 5.82 Å². The maximum Gasteiger partial charge on any atom is 0.123 e. The lowest BCUT2D eigenvalue weighted by atomic mass is 9.92. The van der Waals surface area contributed by atoms with Crippen LogP contribution in [0.25, 0.3) is 0 Å². The average molecular weight is 345 g/mol. The van der Waals surface area contributed by atoms with Gasteiger partial charge in [-0.25, -0.2) is 4.39 Å². The highest BCUT2D eigenvalue weighted by Gasteiger charge is 2.55. The highest BCUT2D eigenvalue weighted by Crippen LogP contribution is 2.62. The van der Waals surface area contributed by atoms with Gasteiger partial charge in [-0.05, 0) is 65.8 Å². The number of halogens is 2. The van der Waals surface area contributed by atoms with E-state index in [4.69, 9.17) is 0 Å². The van der Waals surface area contributed by atoms with Gasteiger partial charge in [-0.3, -0.25) is 0 Å². The van der Waals surface area contributed by atoms with E-state index in [-0.39, 0.29) is 5.82 Å². The van der Waals surface area contributed by atoms with Gasteiger partial charge < -0.3 is 0 Å². The fourth-order valence-electron chi connectivity index (χ4n) is 4.09. The largest absolute Gasteiger partial charge is 0.207 e. The second kappa shape index (κ2) is 5.24. The number of benzene rings is 2. The lowest BCUT2D eigenvalue weighted by molar-refractivity contribution is 0.614. The molecule has 0 N–H and O–H groups in total. The van der Waals surface area contributed by atoms with Gasteiger partial charge in [-0.2, -0.15) is 0 Å². The molecular formula is C19H18BrF. The van der Waals surface area contributed by atoms with Crippen LogP contribution in [0, 0.1) is 17.7 Å². The van der Waals surface area contributed by atoms with Gasteiger partial charge in [-0.15, -0.1) is 0 Å². The van der Waals surface area contributed by atoms with E-state index in [2.05, 4.69) is 40.2 Å². The number of alkyl halides is 1. The summed E-state index contributed by atoms with van der Waals surface area (Å²) in [5.41, 5.74) is 4.33. The molecule has 4 atom stereocenters. The first-order valence-corrected chi connectivity index (χ1v) is 8.62. The zero-order chi connectivity index (χ0) is 14.4. The molecule has 108 valence electrons. The molecule has 2 aromatic rings. The molecule has 2 aliphatic carbocycles. The Balaban J connectivity index is 1.50. The smallest absolute Gasteiger partial charge is 0.123 e. The predicted octanol–water partition coefficient (Wildman–Crippen LogP) is 5.11. The van der Waals surface area contributed by atoms with Crippen molar-refractivity contribution in [1.82, 2.24) is 0 Å². The van der Waals surface area contributed by atoms with E-state index >= 15 is 0 Å². The minimum absolute atomic E-state index is 0.154. The third-order valence-electron chi connectivity index (χ3n) is 5.15. The van der Waals surface area contributed by atoms with Crippen molar-refractivity contribution in [2.45, 2.75) is 30.0 Å². The summed E-state index contributed by atoms with van der Waals surface area (Å²) in [5.74, 6) is 2.15. The molecule has 0 nitrogen and oxygen atoms in total. The summed E-state index contributed by atoms with van der Waals surface area (Å²) in [6.07, 6.45) is 3.53. The average Bonchev–Trinajstić information content (AvgIpc) is 3.25. The van der Waals surface area contributed by atoms with Crippen molar-refractivity contribution < 1.29 is 4.39 Å². The topological polar surface area (TPSA) is 0 Å². The minimum Gasteiger partial charge on any atom is -0.207 e. The Labute approximate surface area is 133 Å². The lowest BCUT2D eigenvalue weighted by Crippen LogP contribution is -2.07. The van der Waals surface area contributed by atoms with Crippen LogP contribution in [0.15, 0.2) is 48.5 Å². The van der Waals surface area contributed by atoms with Crippen molar-refractivity contribution in [1.29, 1.82) is 0 Å². The maximum absolute atomic E-state index is 13.0. The van der Waals surface area contributed by atoms with Crippen molar-refractivity contribution in [3.63, 3.8) is 0 Å². The van der Waals surface area contributed by atoms with Crippen LogP contribution < -0.4 is 0 Å². The molecule has 2 heteroatoms. The zero-order valence-electron chi connectivity index (χ0n) is 11.8. The normalized spacial score (nSPS) is 27.6. The first-order valence-electron chi connectivity index (χ1n) is 7.70. The van der Waals surface area contributed by atoms with Gasteiger partial charge in [0.05, 0.1) is 0 Å². The second-order valence-corrected chi connectivity index (χ2v) is 7.53. The summed E-state index contributed by atoms with van der Waals surface area (Å²) in [6, 6.07) is 15.8. The predicted molar refractivity (Wildman–Crippen MR) is 87.3 cm³/mol. The Hall–Kier alpha value is -1.15. The number of hydrogen-bond donors (Lipinski definition) is 0. The standard InChI is InChI=1S/C19H18BrF/c20-17(11-12-5-8-14(21)9-6-12)19-16-10-7-13-3-1-2-4-15(13)18(16)19/h1-6,8-9,16-19H,7,10-11H2. The highest BCUT2D eigenvalue weighted by atomic mass is 79.9.